The minimum atomic E-state index is -1.01. The lowest BCUT2D eigenvalue weighted by molar-refractivity contribution is -0.141. The van der Waals surface area contributed by atoms with Crippen LogP contribution in [0.2, 0.25) is 0 Å². The van der Waals surface area contributed by atoms with Crippen molar-refractivity contribution in [3.63, 3.8) is 0 Å². The first-order chi connectivity index (χ1) is 12.6. The molecule has 0 saturated heterocycles. The topological polar surface area (TPSA) is 109 Å². The van der Waals surface area contributed by atoms with Crippen molar-refractivity contribution in [3.8, 4) is 17.3 Å². The van der Waals surface area contributed by atoms with Crippen molar-refractivity contribution in [1.82, 2.24) is 14.5 Å². The van der Waals surface area contributed by atoms with Crippen molar-refractivity contribution in [1.29, 1.82) is 5.26 Å². The summed E-state index contributed by atoms with van der Waals surface area (Å²) in [6, 6.07) is 3.04. The third-order valence-electron chi connectivity index (χ3n) is 4.24. The Labute approximate surface area is 158 Å². The zero-order chi connectivity index (χ0) is 19.9. The van der Waals surface area contributed by atoms with Gasteiger partial charge in [0.15, 0.2) is 5.16 Å². The number of aliphatic carboxylic acids is 1. The molecule has 9 heteroatoms. The summed E-state index contributed by atoms with van der Waals surface area (Å²) in [6.45, 7) is 5.45. The summed E-state index contributed by atoms with van der Waals surface area (Å²) in [7, 11) is 0. The van der Waals surface area contributed by atoms with Gasteiger partial charge in [-0.25, -0.2) is 9.37 Å². The van der Waals surface area contributed by atoms with Crippen molar-refractivity contribution < 1.29 is 14.3 Å². The Bertz CT molecular complexity index is 1040. The number of fused-ring (bicyclic) bond motifs is 1. The SMILES string of the molecule is CC(C)(C)c1ncc(-c2nc3n(c(=O)c2C#N)CC(C(=O)O)CS3)cc1F. The molecule has 7 nitrogen and oxygen atoms in total. The first-order valence-corrected chi connectivity index (χ1v) is 9.19. The van der Waals surface area contributed by atoms with Gasteiger partial charge in [-0.15, -0.1) is 0 Å². The molecule has 0 aromatic carbocycles. The average molecular weight is 388 g/mol. The minimum absolute atomic E-state index is 0.0476. The van der Waals surface area contributed by atoms with Gasteiger partial charge in [0.05, 0.1) is 17.3 Å². The summed E-state index contributed by atoms with van der Waals surface area (Å²) < 4.78 is 15.7. The Morgan fingerprint density at radius 2 is 2.19 bits per heavy atom. The number of nitrogens with zero attached hydrogens (tertiary/aromatic N) is 4. The molecule has 0 saturated carbocycles. The number of nitriles is 1. The second-order valence-corrected chi connectivity index (χ2v) is 8.28. The smallest absolute Gasteiger partial charge is 0.309 e. The average Bonchev–Trinajstić information content (AvgIpc) is 2.60. The van der Waals surface area contributed by atoms with Crippen LogP contribution in [0.1, 0.15) is 32.0 Å². The molecule has 27 heavy (non-hydrogen) atoms. The monoisotopic (exact) mass is 388 g/mol. The Morgan fingerprint density at radius 3 is 2.74 bits per heavy atom. The van der Waals surface area contributed by atoms with E-state index in [-0.39, 0.29) is 34.8 Å². The van der Waals surface area contributed by atoms with Gasteiger partial charge in [-0.05, 0) is 6.07 Å². The number of rotatable bonds is 2. The van der Waals surface area contributed by atoms with Gasteiger partial charge >= 0.3 is 5.97 Å². The highest BCUT2D eigenvalue weighted by Crippen LogP contribution is 2.30. The Hall–Kier alpha value is -2.73. The molecule has 0 bridgehead atoms. The van der Waals surface area contributed by atoms with Crippen LogP contribution in [0.15, 0.2) is 22.2 Å². The van der Waals surface area contributed by atoms with Crippen molar-refractivity contribution in [2.75, 3.05) is 5.75 Å². The van der Waals surface area contributed by atoms with Crippen molar-refractivity contribution >= 4 is 17.7 Å². The lowest BCUT2D eigenvalue weighted by Gasteiger charge is -2.23. The molecule has 3 rings (SSSR count). The maximum absolute atomic E-state index is 14.5. The highest BCUT2D eigenvalue weighted by atomic mass is 32.2. The highest BCUT2D eigenvalue weighted by Gasteiger charge is 2.29. The lowest BCUT2D eigenvalue weighted by Crippen LogP contribution is -2.35. The van der Waals surface area contributed by atoms with Crippen LogP contribution in [-0.4, -0.2) is 31.4 Å². The number of hydrogen-bond acceptors (Lipinski definition) is 6. The van der Waals surface area contributed by atoms with Gasteiger partial charge in [0.2, 0.25) is 0 Å². The van der Waals surface area contributed by atoms with E-state index in [4.69, 9.17) is 0 Å². The fraction of sp³-hybridized carbons (Fsp3) is 0.389. The van der Waals surface area contributed by atoms with Crippen LogP contribution in [-0.2, 0) is 16.8 Å². The normalized spacial score (nSPS) is 16.5. The first-order valence-electron chi connectivity index (χ1n) is 8.20. The Balaban J connectivity index is 2.15. The summed E-state index contributed by atoms with van der Waals surface area (Å²) in [5.41, 5.74) is -0.810. The molecule has 1 unspecified atom stereocenters. The zero-order valence-corrected chi connectivity index (χ0v) is 15.8. The molecular weight excluding hydrogens is 371 g/mol. The fourth-order valence-electron chi connectivity index (χ4n) is 2.83. The van der Waals surface area contributed by atoms with Crippen molar-refractivity contribution in [2.45, 2.75) is 37.9 Å². The highest BCUT2D eigenvalue weighted by molar-refractivity contribution is 7.99. The molecule has 140 valence electrons. The predicted molar refractivity (Wildman–Crippen MR) is 97.0 cm³/mol. The summed E-state index contributed by atoms with van der Waals surface area (Å²) in [5.74, 6) is -2.01. The molecule has 0 radical (unpaired) electrons. The van der Waals surface area contributed by atoms with Crippen molar-refractivity contribution in [2.24, 2.45) is 5.92 Å². The number of carboxylic acids is 1. The van der Waals surface area contributed by atoms with E-state index in [9.17, 15) is 24.3 Å². The molecule has 2 aromatic heterocycles. The van der Waals surface area contributed by atoms with Gasteiger partial charge in [0, 0.05) is 29.5 Å². The second-order valence-electron chi connectivity index (χ2n) is 7.30. The van der Waals surface area contributed by atoms with Gasteiger partial charge < -0.3 is 5.11 Å². The lowest BCUT2D eigenvalue weighted by atomic mass is 9.90. The molecule has 1 aliphatic heterocycles. The molecule has 1 N–H and O–H groups in total. The van der Waals surface area contributed by atoms with Gasteiger partial charge in [0.25, 0.3) is 5.56 Å². The number of hydrogen-bond donors (Lipinski definition) is 1. The largest absolute Gasteiger partial charge is 0.481 e. The van der Waals surface area contributed by atoms with Gasteiger partial charge in [-0.3, -0.25) is 19.1 Å². The Kier molecular flexibility index (Phi) is 4.78. The first kappa shape index (κ1) is 19.0. The van der Waals surface area contributed by atoms with Crippen LogP contribution in [0.4, 0.5) is 4.39 Å². The third kappa shape index (κ3) is 3.45. The van der Waals surface area contributed by atoms with E-state index in [1.165, 1.54) is 16.8 Å². The summed E-state index contributed by atoms with van der Waals surface area (Å²) in [4.78, 5) is 32.4. The molecular formula is C18H17FN4O3S. The van der Waals surface area contributed by atoms with Crippen LogP contribution in [0.25, 0.3) is 11.3 Å². The number of carboxylic acid groups (broad SMARTS) is 1. The summed E-state index contributed by atoms with van der Waals surface area (Å²) in [6.07, 6.45) is 1.40. The predicted octanol–water partition coefficient (Wildman–Crippen LogP) is 2.42. The maximum Gasteiger partial charge on any atom is 0.309 e. The molecule has 0 amide bonds. The van der Waals surface area contributed by atoms with E-state index in [1.807, 2.05) is 26.8 Å². The minimum Gasteiger partial charge on any atom is -0.481 e. The second kappa shape index (κ2) is 6.78. The molecule has 0 fully saturated rings. The number of pyridine rings is 1. The van der Waals surface area contributed by atoms with Crippen LogP contribution >= 0.6 is 11.8 Å². The van der Waals surface area contributed by atoms with Gasteiger partial charge in [-0.2, -0.15) is 5.26 Å². The molecule has 1 atom stereocenters. The molecule has 0 aliphatic carbocycles. The number of thioether (sulfide) groups is 1. The van der Waals surface area contributed by atoms with Crippen molar-refractivity contribution in [3.05, 3.63) is 39.7 Å². The van der Waals surface area contributed by atoms with E-state index in [0.717, 1.165) is 11.8 Å². The quantitative estimate of drug-likeness (QED) is 0.787. The molecule has 2 aromatic rings. The van der Waals surface area contributed by atoms with E-state index < -0.39 is 28.7 Å². The summed E-state index contributed by atoms with van der Waals surface area (Å²) >= 11 is 1.13. The van der Waals surface area contributed by atoms with Gasteiger partial charge in [0.1, 0.15) is 17.4 Å². The van der Waals surface area contributed by atoms with Gasteiger partial charge in [-0.1, -0.05) is 32.5 Å². The van der Waals surface area contributed by atoms with Crippen LogP contribution in [0.3, 0.4) is 0 Å². The Morgan fingerprint density at radius 1 is 1.48 bits per heavy atom. The third-order valence-corrected chi connectivity index (χ3v) is 5.38. The summed E-state index contributed by atoms with van der Waals surface area (Å²) in [5, 5.41) is 18.9. The van der Waals surface area contributed by atoms with E-state index in [0.29, 0.717) is 5.16 Å². The fourth-order valence-corrected chi connectivity index (χ4v) is 3.90. The van der Waals surface area contributed by atoms with Crippen LogP contribution in [0, 0.1) is 23.1 Å². The standard InChI is InChI=1S/C18H17FN4O3S/c1-18(2,3)14-12(19)4-9(6-21-14)13-11(5-20)15(24)23-7-10(16(25)26)8-27-17(23)22-13/h4,6,10H,7-8H2,1-3H3,(H,25,26). The molecule has 1 aliphatic rings. The van der Waals surface area contributed by atoms with Crippen LogP contribution in [0.5, 0.6) is 0 Å². The van der Waals surface area contributed by atoms with Crippen LogP contribution < -0.4 is 5.56 Å². The number of aromatic nitrogens is 3. The zero-order valence-electron chi connectivity index (χ0n) is 15.0. The number of halogens is 1. The molecule has 0 spiro atoms. The van der Waals surface area contributed by atoms with E-state index >= 15 is 0 Å². The molecule has 3 heterocycles. The maximum atomic E-state index is 14.5. The van der Waals surface area contributed by atoms with E-state index in [1.54, 1.807) is 0 Å². The number of carbonyl (C=O) groups is 1. The van der Waals surface area contributed by atoms with E-state index in [2.05, 4.69) is 9.97 Å².